The molecule has 0 atom stereocenters. The lowest BCUT2D eigenvalue weighted by Gasteiger charge is -2.13. The molecule has 8 nitrogen and oxygen atoms in total. The zero-order valence-corrected chi connectivity index (χ0v) is 65.0. The topological polar surface area (TPSA) is 55.4 Å². The van der Waals surface area contributed by atoms with E-state index in [9.17, 15) is 0 Å². The Bertz CT molecular complexity index is 8510. The first-order valence-electron chi connectivity index (χ1n) is 41.1. The molecule has 0 aliphatic heterocycles. The van der Waals surface area contributed by atoms with Crippen LogP contribution in [0, 0.1) is 0 Å². The molecule has 0 aliphatic carbocycles. The van der Waals surface area contributed by atoms with Crippen LogP contribution in [-0.2, 0) is 0 Å². The van der Waals surface area contributed by atoms with Crippen LogP contribution in [0.25, 0.3) is 232 Å². The Hall–Kier alpha value is -16.2. The van der Waals surface area contributed by atoms with E-state index in [0.717, 1.165) is 128 Å². The van der Waals surface area contributed by atoms with Gasteiger partial charge in [-0.1, -0.05) is 237 Å². The van der Waals surface area contributed by atoms with E-state index in [1.54, 1.807) is 0 Å². The number of benzene rings is 18. The Balaban J connectivity index is 0.585. The molecule has 0 aliphatic rings. The number of para-hydroxylation sites is 8. The predicted octanol–water partition coefficient (Wildman–Crippen LogP) is 29.1. The molecule has 7 aromatic heterocycles. The summed E-state index contributed by atoms with van der Waals surface area (Å²) in [6, 6.07) is 155. The van der Waals surface area contributed by atoms with Gasteiger partial charge in [-0.25, -0.2) is 9.97 Å². The maximum atomic E-state index is 5.65. The standard InChI is InChI=1S/C112H70N8/c1-6-25-71(26-7-1)98-70-99(114-112(113-98)120-103-44-23-19-40-89(103)93-65-75(52-60-111(93)120)79-51-59-110-97(69-79)95-67-77(49-57-108(95)118(110)84-34-14-5-15-35-84)73-46-54-105-91(63-73)87-38-17-21-42-101(87)116(105)82-30-10-3-11-31-82)80-27-24-36-85(61-80)119-102-43-22-18-39-88(102)92-64-74(47-55-106(92)119)78-50-58-109-96(68-78)94-66-76(48-56-107(94)117(109)83-32-12-4-13-33-83)72-45-53-104-90(62-72)86-37-16-20-41-100(86)115(104)81-28-8-2-9-29-81/h1-70H. The van der Waals surface area contributed by atoms with Crippen LogP contribution in [0.15, 0.2) is 425 Å². The van der Waals surface area contributed by atoms with Crippen LogP contribution < -0.4 is 0 Å². The largest absolute Gasteiger partial charge is 0.309 e. The van der Waals surface area contributed by atoms with Crippen molar-refractivity contribution in [1.82, 2.24) is 37.4 Å². The predicted molar refractivity (Wildman–Crippen MR) is 501 cm³/mol. The first-order valence-corrected chi connectivity index (χ1v) is 41.1. The van der Waals surface area contributed by atoms with Crippen LogP contribution in [0.2, 0.25) is 0 Å². The average molecular weight is 1530 g/mol. The Morgan fingerprint density at radius 1 is 0.125 bits per heavy atom. The fourth-order valence-corrected chi connectivity index (χ4v) is 19.5. The SMILES string of the molecule is c1ccc(-c2cc(-c3cccc(-n4c5ccccc5c5cc(-c6ccc7c(c6)c6cc(-c8ccc9c(c8)c8ccccc8n9-c8ccccc8)ccc6n7-c6ccccc6)ccc54)c3)nc(-n3c4ccccc4c4cc(-c5ccc6c(c5)c5cc(-c7ccc8c(c7)c7ccccc7n8-c7ccccc7)ccc5n6-c5ccccc5)ccc43)n2)cc1. The molecule has 120 heavy (non-hydrogen) atoms. The third-order valence-electron chi connectivity index (χ3n) is 25.0. The van der Waals surface area contributed by atoms with Crippen LogP contribution in [0.3, 0.4) is 0 Å². The molecule has 0 spiro atoms. The second-order valence-electron chi connectivity index (χ2n) is 31.6. The highest BCUT2D eigenvalue weighted by Crippen LogP contribution is 2.46. The summed E-state index contributed by atoms with van der Waals surface area (Å²) >= 11 is 0. The summed E-state index contributed by atoms with van der Waals surface area (Å²) in [5.74, 6) is 0.594. The summed E-state index contributed by atoms with van der Waals surface area (Å²) in [5, 5.41) is 14.3. The number of rotatable bonds is 12. The maximum Gasteiger partial charge on any atom is 0.235 e. The molecular formula is C112H70N8. The van der Waals surface area contributed by atoms with Gasteiger partial charge in [-0.2, -0.15) is 0 Å². The van der Waals surface area contributed by atoms with Crippen molar-refractivity contribution in [3.8, 4) is 101 Å². The Labute approximate surface area is 689 Å². The summed E-state index contributed by atoms with van der Waals surface area (Å²) in [7, 11) is 0. The summed E-state index contributed by atoms with van der Waals surface area (Å²) in [6.45, 7) is 0. The molecule has 0 saturated heterocycles. The number of hydrogen-bond donors (Lipinski definition) is 0. The zero-order valence-electron chi connectivity index (χ0n) is 65.0. The Kier molecular flexibility index (Phi) is 15.0. The van der Waals surface area contributed by atoms with Crippen LogP contribution in [0.5, 0.6) is 0 Å². The lowest BCUT2D eigenvalue weighted by atomic mass is 9.98. The minimum atomic E-state index is 0.594. The number of nitrogens with zero attached hydrogens (tertiary/aromatic N) is 8. The second kappa shape index (κ2) is 26.7. The fraction of sp³-hybridized carbons (Fsp3) is 0. The molecule has 0 unspecified atom stereocenters. The highest BCUT2D eigenvalue weighted by molar-refractivity contribution is 6.18. The van der Waals surface area contributed by atoms with E-state index in [2.05, 4.69) is 452 Å². The van der Waals surface area contributed by atoms with Gasteiger partial charge in [-0.05, 0) is 233 Å². The lowest BCUT2D eigenvalue weighted by Crippen LogP contribution is -2.04. The first-order chi connectivity index (χ1) is 59.5. The quantitative estimate of drug-likeness (QED) is 0.122. The van der Waals surface area contributed by atoms with Gasteiger partial charge in [-0.15, -0.1) is 0 Å². The van der Waals surface area contributed by atoms with Gasteiger partial charge in [0.05, 0.1) is 77.6 Å². The van der Waals surface area contributed by atoms with Gasteiger partial charge in [0.2, 0.25) is 5.95 Å². The number of hydrogen-bond acceptors (Lipinski definition) is 2. The molecule has 0 bridgehead atoms. The summed E-state index contributed by atoms with van der Waals surface area (Å²) < 4.78 is 14.3. The van der Waals surface area contributed by atoms with Gasteiger partial charge < -0.3 is 22.8 Å². The minimum absolute atomic E-state index is 0.594. The molecule has 0 amide bonds. The lowest BCUT2D eigenvalue weighted by molar-refractivity contribution is 0.995. The van der Waals surface area contributed by atoms with E-state index in [-0.39, 0.29) is 0 Å². The number of fused-ring (bicyclic) bond motifs is 18. The molecule has 7 heterocycles. The van der Waals surface area contributed by atoms with Crippen molar-refractivity contribution in [1.29, 1.82) is 0 Å². The second-order valence-corrected chi connectivity index (χ2v) is 31.6. The van der Waals surface area contributed by atoms with E-state index < -0.39 is 0 Å². The third kappa shape index (κ3) is 10.5. The van der Waals surface area contributed by atoms with E-state index >= 15 is 0 Å². The fourth-order valence-electron chi connectivity index (χ4n) is 19.5. The van der Waals surface area contributed by atoms with Crippen molar-refractivity contribution >= 4 is 131 Å². The van der Waals surface area contributed by atoms with Crippen molar-refractivity contribution in [3.63, 3.8) is 0 Å². The third-order valence-corrected chi connectivity index (χ3v) is 25.0. The van der Waals surface area contributed by atoms with Gasteiger partial charge in [0.25, 0.3) is 0 Å². The molecule has 558 valence electrons. The molecule has 18 aromatic carbocycles. The molecule has 25 aromatic rings. The van der Waals surface area contributed by atoms with E-state index in [1.165, 1.54) is 98.2 Å². The molecule has 0 saturated carbocycles. The van der Waals surface area contributed by atoms with Crippen LogP contribution in [0.4, 0.5) is 0 Å². The van der Waals surface area contributed by atoms with Crippen molar-refractivity contribution < 1.29 is 0 Å². The molecule has 8 heteroatoms. The summed E-state index contributed by atoms with van der Waals surface area (Å²) in [6.07, 6.45) is 0. The van der Waals surface area contributed by atoms with Crippen molar-refractivity contribution in [2.45, 2.75) is 0 Å². The molecule has 0 fully saturated rings. The van der Waals surface area contributed by atoms with E-state index in [1.807, 2.05) is 0 Å². The van der Waals surface area contributed by atoms with Crippen LogP contribution >= 0.6 is 0 Å². The normalized spacial score (nSPS) is 12.0. The van der Waals surface area contributed by atoms with Crippen molar-refractivity contribution in [3.05, 3.63) is 425 Å². The highest BCUT2D eigenvalue weighted by atomic mass is 15.2. The van der Waals surface area contributed by atoms with Crippen molar-refractivity contribution in [2.24, 2.45) is 0 Å². The number of aromatic nitrogens is 8. The Morgan fingerprint density at radius 3 is 0.633 bits per heavy atom. The van der Waals surface area contributed by atoms with Crippen LogP contribution in [0.1, 0.15) is 0 Å². The van der Waals surface area contributed by atoms with Gasteiger partial charge in [0.15, 0.2) is 0 Å². The van der Waals surface area contributed by atoms with E-state index in [4.69, 9.17) is 9.97 Å². The molecule has 0 N–H and O–H groups in total. The maximum absolute atomic E-state index is 5.65. The molecule has 25 rings (SSSR count). The van der Waals surface area contributed by atoms with Crippen LogP contribution in [-0.4, -0.2) is 37.4 Å². The van der Waals surface area contributed by atoms with Gasteiger partial charge in [0.1, 0.15) is 0 Å². The van der Waals surface area contributed by atoms with Crippen molar-refractivity contribution in [2.75, 3.05) is 0 Å². The smallest absolute Gasteiger partial charge is 0.235 e. The molecule has 0 radical (unpaired) electrons. The first kappa shape index (κ1) is 67.2. The minimum Gasteiger partial charge on any atom is -0.309 e. The highest BCUT2D eigenvalue weighted by Gasteiger charge is 2.25. The molecular weight excluding hydrogens is 1460 g/mol. The van der Waals surface area contributed by atoms with Gasteiger partial charge in [-0.3, -0.25) is 4.57 Å². The van der Waals surface area contributed by atoms with Gasteiger partial charge in [0, 0.05) is 104 Å². The monoisotopic (exact) mass is 1530 g/mol. The Morgan fingerprint density at radius 2 is 0.333 bits per heavy atom. The van der Waals surface area contributed by atoms with E-state index in [0.29, 0.717) is 5.95 Å². The van der Waals surface area contributed by atoms with Gasteiger partial charge >= 0.3 is 0 Å². The summed E-state index contributed by atoms with van der Waals surface area (Å²) in [4.78, 5) is 11.2. The zero-order chi connectivity index (χ0) is 78.6. The average Bonchev–Trinajstić information content (AvgIpc) is 1.57. The summed E-state index contributed by atoms with van der Waals surface area (Å²) in [5.41, 5.74) is 32.2.